The molecule has 0 amide bonds. The van der Waals surface area contributed by atoms with E-state index >= 15 is 0 Å². The summed E-state index contributed by atoms with van der Waals surface area (Å²) >= 11 is 0. The third kappa shape index (κ3) is 3.20. The van der Waals surface area contributed by atoms with E-state index in [-0.39, 0.29) is 23.0 Å². The van der Waals surface area contributed by atoms with E-state index in [0.29, 0.717) is 22.3 Å². The summed E-state index contributed by atoms with van der Waals surface area (Å²) in [4.78, 5) is 12.9. The zero-order valence-electron chi connectivity index (χ0n) is 18.6. The van der Waals surface area contributed by atoms with Gasteiger partial charge in [-0.2, -0.15) is 0 Å². The number of carbonyl (C=O) groups is 1. The van der Waals surface area contributed by atoms with Crippen LogP contribution in [0.1, 0.15) is 27.0 Å². The molecule has 1 unspecified atom stereocenters. The van der Waals surface area contributed by atoms with Gasteiger partial charge in [0.25, 0.3) is 0 Å². The van der Waals surface area contributed by atoms with Crippen LogP contribution in [0.3, 0.4) is 0 Å². The molecule has 3 heterocycles. The molecular formula is C26H22O10. The number of hydrogen-bond donors (Lipinski definition) is 5. The monoisotopic (exact) mass is 494 g/mol. The highest BCUT2D eigenvalue weighted by Crippen LogP contribution is 2.57. The third-order valence-corrected chi connectivity index (χ3v) is 6.77. The molecule has 10 nitrogen and oxygen atoms in total. The molecule has 0 radical (unpaired) electrons. The second-order valence-corrected chi connectivity index (χ2v) is 8.87. The van der Waals surface area contributed by atoms with Gasteiger partial charge in [-0.25, -0.2) is 4.79 Å². The van der Waals surface area contributed by atoms with Crippen molar-refractivity contribution < 1.29 is 49.3 Å². The van der Waals surface area contributed by atoms with Crippen LogP contribution in [-0.2, 0) is 15.1 Å². The van der Waals surface area contributed by atoms with Gasteiger partial charge in [0.05, 0.1) is 12.2 Å². The van der Waals surface area contributed by atoms with E-state index < -0.39 is 48.9 Å². The molecule has 5 N–H and O–H groups in total. The van der Waals surface area contributed by atoms with E-state index in [9.17, 15) is 30.3 Å². The maximum absolute atomic E-state index is 12.9. The Hall–Kier alpha value is -3.67. The Bertz CT molecular complexity index is 1350. The molecule has 186 valence electrons. The van der Waals surface area contributed by atoms with E-state index in [0.717, 1.165) is 0 Å². The maximum Gasteiger partial charge on any atom is 0.340 e. The van der Waals surface area contributed by atoms with Crippen LogP contribution in [0.4, 0.5) is 0 Å². The lowest BCUT2D eigenvalue weighted by Gasteiger charge is -2.40. The van der Waals surface area contributed by atoms with Gasteiger partial charge in [0.15, 0.2) is 5.60 Å². The Balaban J connectivity index is 1.43. The first-order chi connectivity index (χ1) is 17.3. The molecule has 3 aromatic carbocycles. The molecule has 1 spiro atoms. The van der Waals surface area contributed by atoms with Crippen LogP contribution in [0.5, 0.6) is 23.0 Å². The van der Waals surface area contributed by atoms with Gasteiger partial charge in [-0.1, -0.05) is 18.2 Å². The van der Waals surface area contributed by atoms with E-state index in [1.165, 1.54) is 18.2 Å². The fourth-order valence-electron chi connectivity index (χ4n) is 5.02. The number of hydrogen-bond acceptors (Lipinski definition) is 10. The number of esters is 1. The largest absolute Gasteiger partial charge is 0.508 e. The Labute approximate surface area is 204 Å². The van der Waals surface area contributed by atoms with Crippen molar-refractivity contribution in [1.29, 1.82) is 0 Å². The van der Waals surface area contributed by atoms with Crippen LogP contribution >= 0.6 is 0 Å². The van der Waals surface area contributed by atoms with Crippen molar-refractivity contribution in [1.82, 2.24) is 0 Å². The summed E-state index contributed by atoms with van der Waals surface area (Å²) in [5, 5.41) is 49.9. The molecular weight excluding hydrogens is 472 g/mol. The van der Waals surface area contributed by atoms with Crippen LogP contribution < -0.4 is 9.47 Å². The summed E-state index contributed by atoms with van der Waals surface area (Å²) in [7, 11) is 0. The normalized spacial score (nSPS) is 30.1. The number of aromatic hydroxyl groups is 1. The van der Waals surface area contributed by atoms with Crippen LogP contribution in [0.15, 0.2) is 60.7 Å². The summed E-state index contributed by atoms with van der Waals surface area (Å²) in [5.74, 6) is 0.170. The lowest BCUT2D eigenvalue weighted by molar-refractivity contribution is -0.277. The molecule has 1 saturated heterocycles. The molecule has 0 bridgehead atoms. The van der Waals surface area contributed by atoms with Crippen molar-refractivity contribution in [3.63, 3.8) is 0 Å². The maximum atomic E-state index is 12.9. The van der Waals surface area contributed by atoms with E-state index in [1.807, 2.05) is 0 Å². The van der Waals surface area contributed by atoms with Crippen molar-refractivity contribution in [3.05, 3.63) is 82.9 Å². The Morgan fingerprint density at radius 2 is 1.58 bits per heavy atom. The van der Waals surface area contributed by atoms with Gasteiger partial charge in [-0.05, 0) is 30.3 Å². The summed E-state index contributed by atoms with van der Waals surface area (Å²) < 4.78 is 23.3. The fourth-order valence-corrected chi connectivity index (χ4v) is 5.02. The average Bonchev–Trinajstić information content (AvgIpc) is 3.17. The fraction of sp³-hybridized carbons (Fsp3) is 0.269. The number of aliphatic hydroxyl groups is 4. The van der Waals surface area contributed by atoms with Gasteiger partial charge < -0.3 is 44.5 Å². The van der Waals surface area contributed by atoms with Gasteiger partial charge in [0.1, 0.15) is 47.4 Å². The minimum absolute atomic E-state index is 0.0429. The van der Waals surface area contributed by atoms with Crippen LogP contribution in [0.2, 0.25) is 0 Å². The number of phenols is 1. The van der Waals surface area contributed by atoms with Crippen LogP contribution in [-0.4, -0.2) is 68.8 Å². The molecule has 6 atom stereocenters. The van der Waals surface area contributed by atoms with E-state index in [4.69, 9.17) is 18.9 Å². The van der Waals surface area contributed by atoms with Gasteiger partial charge >= 0.3 is 5.97 Å². The van der Waals surface area contributed by atoms with Crippen molar-refractivity contribution in [2.24, 2.45) is 0 Å². The van der Waals surface area contributed by atoms with Crippen LogP contribution in [0, 0.1) is 0 Å². The number of rotatable bonds is 3. The number of aliphatic hydroxyl groups excluding tert-OH is 4. The molecule has 3 aromatic rings. The molecule has 3 aliphatic rings. The number of ether oxygens (including phenoxy) is 4. The topological polar surface area (TPSA) is 155 Å². The van der Waals surface area contributed by atoms with E-state index in [1.54, 1.807) is 42.5 Å². The Morgan fingerprint density at radius 1 is 0.861 bits per heavy atom. The predicted octanol–water partition coefficient (Wildman–Crippen LogP) is 1.14. The molecule has 10 heteroatoms. The summed E-state index contributed by atoms with van der Waals surface area (Å²) in [5.41, 5.74) is 0.750. The molecule has 3 aliphatic heterocycles. The molecule has 1 fully saturated rings. The second kappa shape index (κ2) is 8.19. The highest BCUT2D eigenvalue weighted by molar-refractivity contribution is 5.97. The number of carbonyl (C=O) groups excluding carboxylic acids is 1. The first kappa shape index (κ1) is 22.8. The van der Waals surface area contributed by atoms with Gasteiger partial charge in [-0.15, -0.1) is 0 Å². The first-order valence-electron chi connectivity index (χ1n) is 11.3. The quantitative estimate of drug-likeness (QED) is 0.335. The Morgan fingerprint density at radius 3 is 2.36 bits per heavy atom. The molecule has 0 aliphatic carbocycles. The van der Waals surface area contributed by atoms with Crippen molar-refractivity contribution >= 4 is 5.97 Å². The SMILES string of the molecule is O=C1OC2(c3ccc(O)cc3Oc3cc(O[C@@H]4O[C@H](CO)[C@H](O)[C@H](O)[C@H]4O)ccc32)c2ccccc21. The Kier molecular flexibility index (Phi) is 5.18. The summed E-state index contributed by atoms with van der Waals surface area (Å²) in [6, 6.07) is 16.3. The van der Waals surface area contributed by atoms with E-state index in [2.05, 4.69) is 0 Å². The van der Waals surface area contributed by atoms with Gasteiger partial charge in [-0.3, -0.25) is 0 Å². The zero-order valence-corrected chi connectivity index (χ0v) is 18.6. The molecule has 0 aromatic heterocycles. The smallest absolute Gasteiger partial charge is 0.340 e. The lowest BCUT2D eigenvalue weighted by Crippen LogP contribution is -2.60. The third-order valence-electron chi connectivity index (χ3n) is 6.77. The van der Waals surface area contributed by atoms with Gasteiger partial charge in [0, 0.05) is 28.8 Å². The number of benzene rings is 3. The minimum atomic E-state index is -1.60. The molecule has 36 heavy (non-hydrogen) atoms. The highest BCUT2D eigenvalue weighted by atomic mass is 16.7. The minimum Gasteiger partial charge on any atom is -0.508 e. The predicted molar refractivity (Wildman–Crippen MR) is 121 cm³/mol. The zero-order chi connectivity index (χ0) is 25.2. The summed E-state index contributed by atoms with van der Waals surface area (Å²) in [6.07, 6.45) is -7.22. The average molecular weight is 494 g/mol. The van der Waals surface area contributed by atoms with Crippen molar-refractivity contribution in [3.8, 4) is 23.0 Å². The number of fused-ring (bicyclic) bond motifs is 6. The van der Waals surface area contributed by atoms with Crippen molar-refractivity contribution in [2.75, 3.05) is 6.61 Å². The molecule has 6 rings (SSSR count). The first-order valence-corrected chi connectivity index (χ1v) is 11.3. The second-order valence-electron chi connectivity index (χ2n) is 8.87. The summed E-state index contributed by atoms with van der Waals surface area (Å²) in [6.45, 7) is -0.592. The molecule has 0 saturated carbocycles. The lowest BCUT2D eigenvalue weighted by atomic mass is 9.77. The highest BCUT2D eigenvalue weighted by Gasteiger charge is 2.53. The number of phenolic OH excluding ortho intramolecular Hbond substituents is 1. The van der Waals surface area contributed by atoms with Crippen LogP contribution in [0.25, 0.3) is 0 Å². The standard InChI is InChI=1S/C26H22O10/c27-11-20-21(29)22(30)23(31)25(35-20)33-13-6-8-17-19(10-13)34-18-9-12(28)5-7-16(18)26(17)15-4-2-1-3-14(15)24(32)36-26/h1-10,20-23,25,27-31H,11H2/t20-,21+,22+,23-,25-,26?/m1/s1. The van der Waals surface area contributed by atoms with Gasteiger partial charge in [0.2, 0.25) is 6.29 Å². The van der Waals surface area contributed by atoms with Crippen molar-refractivity contribution in [2.45, 2.75) is 36.3 Å².